The molecular formula is C15H17NO2S. The molecule has 0 aliphatic carbocycles. The lowest BCUT2D eigenvalue weighted by atomic mass is 10.0. The first-order valence-electron chi connectivity index (χ1n) is 6.27. The number of aryl methyl sites for hydroxylation is 2. The molecular weight excluding hydrogens is 258 g/mol. The first kappa shape index (κ1) is 13.7. The second-order valence-electron chi connectivity index (χ2n) is 4.44. The zero-order chi connectivity index (χ0) is 13.8. The molecule has 0 aliphatic rings. The van der Waals surface area contributed by atoms with Gasteiger partial charge >= 0.3 is 5.97 Å². The van der Waals surface area contributed by atoms with E-state index >= 15 is 0 Å². The number of thiazole rings is 1. The number of esters is 1. The zero-order valence-electron chi connectivity index (χ0n) is 11.4. The Hall–Kier alpha value is -1.68. The molecule has 1 aromatic heterocycles. The Labute approximate surface area is 117 Å². The van der Waals surface area contributed by atoms with E-state index in [1.807, 2.05) is 0 Å². The summed E-state index contributed by atoms with van der Waals surface area (Å²) in [7, 11) is 0. The third kappa shape index (κ3) is 3.41. The summed E-state index contributed by atoms with van der Waals surface area (Å²) in [6.07, 6.45) is 0.755. The van der Waals surface area contributed by atoms with Crippen LogP contribution in [0.25, 0.3) is 0 Å². The van der Waals surface area contributed by atoms with Crippen LogP contribution in [0, 0.1) is 13.8 Å². The first-order valence-corrected chi connectivity index (χ1v) is 7.15. The van der Waals surface area contributed by atoms with E-state index in [0.29, 0.717) is 12.3 Å². The molecule has 0 atom stereocenters. The Morgan fingerprint density at radius 3 is 2.79 bits per heavy atom. The largest absolute Gasteiger partial charge is 0.461 e. The SMILES string of the molecule is CCOC(=O)c1csc(Cc2ccc(C)c(C)c2)n1. The summed E-state index contributed by atoms with van der Waals surface area (Å²) >= 11 is 1.50. The number of benzene rings is 1. The van der Waals surface area contributed by atoms with Crippen LogP contribution in [0.15, 0.2) is 23.6 Å². The smallest absolute Gasteiger partial charge is 0.357 e. The molecule has 0 unspecified atom stereocenters. The highest BCUT2D eigenvalue weighted by Crippen LogP contribution is 2.17. The molecule has 0 radical (unpaired) electrons. The summed E-state index contributed by atoms with van der Waals surface area (Å²) < 4.78 is 4.93. The second kappa shape index (κ2) is 5.97. The minimum Gasteiger partial charge on any atom is -0.461 e. The van der Waals surface area contributed by atoms with Gasteiger partial charge in [0.15, 0.2) is 5.69 Å². The maximum absolute atomic E-state index is 11.5. The number of rotatable bonds is 4. The van der Waals surface area contributed by atoms with Crippen LogP contribution in [-0.2, 0) is 11.2 Å². The molecule has 0 fully saturated rings. The summed E-state index contributed by atoms with van der Waals surface area (Å²) in [5.41, 5.74) is 4.19. The first-order chi connectivity index (χ1) is 9.10. The van der Waals surface area contributed by atoms with Crippen molar-refractivity contribution in [3.05, 3.63) is 51.0 Å². The minimum absolute atomic E-state index is 0.343. The van der Waals surface area contributed by atoms with Gasteiger partial charge in [-0.05, 0) is 37.5 Å². The topological polar surface area (TPSA) is 39.2 Å². The lowest BCUT2D eigenvalue weighted by Crippen LogP contribution is -2.05. The Morgan fingerprint density at radius 1 is 1.32 bits per heavy atom. The Balaban J connectivity index is 2.11. The fourth-order valence-electron chi connectivity index (χ4n) is 1.78. The van der Waals surface area contributed by atoms with Crippen molar-refractivity contribution in [1.29, 1.82) is 0 Å². The number of nitrogens with zero attached hydrogens (tertiary/aromatic N) is 1. The Kier molecular flexibility index (Phi) is 4.32. The van der Waals surface area contributed by atoms with Gasteiger partial charge in [-0.25, -0.2) is 9.78 Å². The lowest BCUT2D eigenvalue weighted by molar-refractivity contribution is 0.0520. The van der Waals surface area contributed by atoms with Gasteiger partial charge in [0, 0.05) is 11.8 Å². The summed E-state index contributed by atoms with van der Waals surface area (Å²) in [6, 6.07) is 6.39. The molecule has 2 rings (SSSR count). The van der Waals surface area contributed by atoms with Crippen molar-refractivity contribution in [2.75, 3.05) is 6.61 Å². The molecule has 2 aromatic rings. The quantitative estimate of drug-likeness (QED) is 0.801. The van der Waals surface area contributed by atoms with E-state index in [9.17, 15) is 4.79 Å². The molecule has 0 spiro atoms. The van der Waals surface area contributed by atoms with Crippen molar-refractivity contribution in [2.24, 2.45) is 0 Å². The van der Waals surface area contributed by atoms with Crippen LogP contribution in [0.1, 0.15) is 39.1 Å². The van der Waals surface area contributed by atoms with Gasteiger partial charge in [-0.1, -0.05) is 18.2 Å². The van der Waals surface area contributed by atoms with Gasteiger partial charge in [0.1, 0.15) is 0 Å². The average molecular weight is 275 g/mol. The standard InChI is InChI=1S/C15H17NO2S/c1-4-18-15(17)13-9-19-14(16-13)8-12-6-5-10(2)11(3)7-12/h5-7,9H,4,8H2,1-3H3. The molecule has 4 heteroatoms. The van der Waals surface area contributed by atoms with Gasteiger partial charge in [-0.2, -0.15) is 0 Å². The highest BCUT2D eigenvalue weighted by atomic mass is 32.1. The molecule has 100 valence electrons. The molecule has 3 nitrogen and oxygen atoms in total. The number of carbonyl (C=O) groups excluding carboxylic acids is 1. The molecule has 0 saturated heterocycles. The van der Waals surface area contributed by atoms with Gasteiger partial charge < -0.3 is 4.74 Å². The molecule has 19 heavy (non-hydrogen) atoms. The molecule has 0 N–H and O–H groups in total. The fraction of sp³-hybridized carbons (Fsp3) is 0.333. The summed E-state index contributed by atoms with van der Waals surface area (Å²) in [6.45, 7) is 6.37. The van der Waals surface area contributed by atoms with Gasteiger partial charge in [0.25, 0.3) is 0 Å². The van der Waals surface area contributed by atoms with Crippen LogP contribution >= 0.6 is 11.3 Å². The number of hydrogen-bond acceptors (Lipinski definition) is 4. The number of carbonyl (C=O) groups is 1. The fourth-order valence-corrected chi connectivity index (χ4v) is 2.58. The van der Waals surface area contributed by atoms with E-state index in [1.165, 1.54) is 28.0 Å². The summed E-state index contributed by atoms with van der Waals surface area (Å²) in [5.74, 6) is -0.343. The monoisotopic (exact) mass is 275 g/mol. The molecule has 0 aliphatic heterocycles. The summed E-state index contributed by atoms with van der Waals surface area (Å²) in [5, 5.41) is 2.69. The van der Waals surface area contributed by atoms with E-state index in [0.717, 1.165) is 11.4 Å². The van der Waals surface area contributed by atoms with Gasteiger partial charge in [-0.3, -0.25) is 0 Å². The Morgan fingerprint density at radius 2 is 2.11 bits per heavy atom. The maximum atomic E-state index is 11.5. The van der Waals surface area contributed by atoms with Crippen LogP contribution in [0.5, 0.6) is 0 Å². The third-order valence-electron chi connectivity index (χ3n) is 2.96. The van der Waals surface area contributed by atoms with Crippen molar-refractivity contribution in [1.82, 2.24) is 4.98 Å². The summed E-state index contributed by atoms with van der Waals surface area (Å²) in [4.78, 5) is 15.9. The van der Waals surface area contributed by atoms with Crippen molar-refractivity contribution in [3.8, 4) is 0 Å². The van der Waals surface area contributed by atoms with E-state index in [2.05, 4.69) is 37.0 Å². The van der Waals surface area contributed by atoms with Crippen molar-refractivity contribution < 1.29 is 9.53 Å². The highest BCUT2D eigenvalue weighted by Gasteiger charge is 2.11. The van der Waals surface area contributed by atoms with Crippen molar-refractivity contribution >= 4 is 17.3 Å². The van der Waals surface area contributed by atoms with Crippen LogP contribution < -0.4 is 0 Å². The van der Waals surface area contributed by atoms with Gasteiger partial charge in [0.2, 0.25) is 0 Å². The zero-order valence-corrected chi connectivity index (χ0v) is 12.2. The van der Waals surface area contributed by atoms with Crippen molar-refractivity contribution in [2.45, 2.75) is 27.2 Å². The number of hydrogen-bond donors (Lipinski definition) is 0. The van der Waals surface area contributed by atoms with Crippen LogP contribution in [0.3, 0.4) is 0 Å². The molecule has 0 saturated carbocycles. The van der Waals surface area contributed by atoms with E-state index in [4.69, 9.17) is 4.74 Å². The lowest BCUT2D eigenvalue weighted by Gasteiger charge is -2.03. The molecule has 1 aromatic carbocycles. The normalized spacial score (nSPS) is 10.5. The van der Waals surface area contributed by atoms with E-state index in [-0.39, 0.29) is 5.97 Å². The van der Waals surface area contributed by atoms with Crippen LogP contribution in [0.4, 0.5) is 0 Å². The Bertz CT molecular complexity index is 590. The predicted octanol–water partition coefficient (Wildman–Crippen LogP) is 3.53. The molecule has 0 bridgehead atoms. The number of aromatic nitrogens is 1. The highest BCUT2D eigenvalue weighted by molar-refractivity contribution is 7.09. The molecule has 0 amide bonds. The van der Waals surface area contributed by atoms with Gasteiger partial charge in [0.05, 0.1) is 11.6 Å². The van der Waals surface area contributed by atoms with Crippen LogP contribution in [0.2, 0.25) is 0 Å². The predicted molar refractivity (Wildman–Crippen MR) is 76.8 cm³/mol. The van der Waals surface area contributed by atoms with Crippen LogP contribution in [-0.4, -0.2) is 17.6 Å². The van der Waals surface area contributed by atoms with Gasteiger partial charge in [-0.15, -0.1) is 11.3 Å². The third-order valence-corrected chi connectivity index (χ3v) is 3.81. The minimum atomic E-state index is -0.343. The maximum Gasteiger partial charge on any atom is 0.357 e. The van der Waals surface area contributed by atoms with E-state index < -0.39 is 0 Å². The molecule has 1 heterocycles. The van der Waals surface area contributed by atoms with E-state index in [1.54, 1.807) is 12.3 Å². The second-order valence-corrected chi connectivity index (χ2v) is 5.38. The average Bonchev–Trinajstić information content (AvgIpc) is 2.83. The number of ether oxygens (including phenoxy) is 1. The van der Waals surface area contributed by atoms with Crippen molar-refractivity contribution in [3.63, 3.8) is 0 Å².